The van der Waals surface area contributed by atoms with E-state index in [1.807, 2.05) is 6.92 Å². The van der Waals surface area contributed by atoms with Crippen molar-refractivity contribution in [3.63, 3.8) is 0 Å². The molecule has 1 fully saturated rings. The first-order chi connectivity index (χ1) is 7.25. The van der Waals surface area contributed by atoms with E-state index in [1.165, 1.54) is 32.1 Å². The van der Waals surface area contributed by atoms with Gasteiger partial charge in [-0.3, -0.25) is 4.68 Å². The summed E-state index contributed by atoms with van der Waals surface area (Å²) in [5.41, 5.74) is 6.90. The van der Waals surface area contributed by atoms with Gasteiger partial charge < -0.3 is 5.73 Å². The molecule has 2 rings (SSSR count). The van der Waals surface area contributed by atoms with Crippen molar-refractivity contribution in [3.05, 3.63) is 18.0 Å². The van der Waals surface area contributed by atoms with Crippen LogP contribution in [0.4, 0.5) is 0 Å². The highest BCUT2D eigenvalue weighted by Gasteiger charge is 2.15. The maximum atomic E-state index is 5.76. The van der Waals surface area contributed by atoms with E-state index in [1.54, 1.807) is 0 Å². The second-order valence-electron chi connectivity index (χ2n) is 4.76. The fraction of sp³-hybridized carbons (Fsp3) is 0.750. The van der Waals surface area contributed by atoms with Gasteiger partial charge in [0.2, 0.25) is 0 Å². The minimum Gasteiger partial charge on any atom is -0.328 e. The van der Waals surface area contributed by atoms with Crippen molar-refractivity contribution in [2.45, 2.75) is 57.5 Å². The second kappa shape index (κ2) is 4.79. The van der Waals surface area contributed by atoms with Crippen LogP contribution in [0.5, 0.6) is 0 Å². The summed E-state index contributed by atoms with van der Waals surface area (Å²) in [7, 11) is 0. The molecule has 0 aliphatic heterocycles. The number of rotatable bonds is 3. The molecule has 0 spiro atoms. The van der Waals surface area contributed by atoms with Crippen LogP contribution in [-0.4, -0.2) is 15.8 Å². The Kier molecular flexibility index (Phi) is 3.41. The molecule has 1 heterocycles. The van der Waals surface area contributed by atoms with Gasteiger partial charge in [0.05, 0.1) is 11.7 Å². The minimum absolute atomic E-state index is 0.208. The van der Waals surface area contributed by atoms with E-state index in [4.69, 9.17) is 5.73 Å². The highest BCUT2D eigenvalue weighted by atomic mass is 15.3. The molecule has 15 heavy (non-hydrogen) atoms. The molecule has 1 unspecified atom stereocenters. The van der Waals surface area contributed by atoms with Crippen molar-refractivity contribution in [3.8, 4) is 0 Å². The normalized spacial score (nSPS) is 20.4. The molecule has 0 amide bonds. The van der Waals surface area contributed by atoms with Gasteiger partial charge in [0.25, 0.3) is 0 Å². The third-order valence-corrected chi connectivity index (χ3v) is 3.14. The van der Waals surface area contributed by atoms with E-state index in [0.717, 1.165) is 12.1 Å². The van der Waals surface area contributed by atoms with Crippen molar-refractivity contribution < 1.29 is 0 Å². The van der Waals surface area contributed by atoms with Crippen LogP contribution >= 0.6 is 0 Å². The number of aromatic nitrogens is 2. The largest absolute Gasteiger partial charge is 0.328 e. The Bertz CT molecular complexity index is 298. The van der Waals surface area contributed by atoms with E-state index >= 15 is 0 Å². The Morgan fingerprint density at radius 2 is 2.20 bits per heavy atom. The SMILES string of the molecule is CC(N)Cc1ccn(C2CCCCC2)n1. The van der Waals surface area contributed by atoms with Gasteiger partial charge in [-0.2, -0.15) is 5.10 Å². The topological polar surface area (TPSA) is 43.8 Å². The summed E-state index contributed by atoms with van der Waals surface area (Å²) < 4.78 is 2.15. The molecule has 0 aromatic carbocycles. The monoisotopic (exact) mass is 207 g/mol. The first-order valence-corrected chi connectivity index (χ1v) is 6.05. The lowest BCUT2D eigenvalue weighted by Gasteiger charge is -2.21. The number of nitrogens with two attached hydrogens (primary N) is 1. The lowest BCUT2D eigenvalue weighted by Crippen LogP contribution is -2.19. The van der Waals surface area contributed by atoms with Crippen molar-refractivity contribution in [1.29, 1.82) is 0 Å². The fourth-order valence-electron chi connectivity index (χ4n) is 2.37. The second-order valence-corrected chi connectivity index (χ2v) is 4.76. The molecule has 0 radical (unpaired) electrons. The zero-order valence-corrected chi connectivity index (χ0v) is 9.52. The number of hydrogen-bond donors (Lipinski definition) is 1. The highest BCUT2D eigenvalue weighted by molar-refractivity contribution is 5.01. The smallest absolute Gasteiger partial charge is 0.0640 e. The zero-order valence-electron chi connectivity index (χ0n) is 9.52. The molecule has 1 aromatic heterocycles. The van der Waals surface area contributed by atoms with E-state index < -0.39 is 0 Å². The molecule has 3 nitrogen and oxygen atoms in total. The van der Waals surface area contributed by atoms with Crippen LogP contribution in [0.1, 0.15) is 50.8 Å². The third kappa shape index (κ3) is 2.81. The Hall–Kier alpha value is -0.830. The average Bonchev–Trinajstić information content (AvgIpc) is 2.67. The summed E-state index contributed by atoms with van der Waals surface area (Å²) in [6, 6.07) is 2.96. The van der Waals surface area contributed by atoms with Crippen molar-refractivity contribution in [2.24, 2.45) is 5.73 Å². The van der Waals surface area contributed by atoms with Crippen molar-refractivity contribution in [1.82, 2.24) is 9.78 Å². The summed E-state index contributed by atoms with van der Waals surface area (Å²) >= 11 is 0. The first-order valence-electron chi connectivity index (χ1n) is 6.05. The Balaban J connectivity index is 1.99. The van der Waals surface area contributed by atoms with Gasteiger partial charge in [-0.25, -0.2) is 0 Å². The molecule has 1 aliphatic carbocycles. The Morgan fingerprint density at radius 1 is 1.47 bits per heavy atom. The average molecular weight is 207 g/mol. The van der Waals surface area contributed by atoms with Gasteiger partial charge >= 0.3 is 0 Å². The van der Waals surface area contributed by atoms with Gasteiger partial charge in [0.15, 0.2) is 0 Å². The lowest BCUT2D eigenvalue weighted by atomic mass is 9.96. The molecule has 84 valence electrons. The maximum absolute atomic E-state index is 5.76. The van der Waals surface area contributed by atoms with E-state index in [-0.39, 0.29) is 6.04 Å². The van der Waals surface area contributed by atoms with Crippen LogP contribution in [-0.2, 0) is 6.42 Å². The Morgan fingerprint density at radius 3 is 2.87 bits per heavy atom. The van der Waals surface area contributed by atoms with Crippen LogP contribution in [0.3, 0.4) is 0 Å². The molecule has 2 N–H and O–H groups in total. The van der Waals surface area contributed by atoms with E-state index in [0.29, 0.717) is 6.04 Å². The molecule has 3 heteroatoms. The summed E-state index contributed by atoms with van der Waals surface area (Å²) in [6.07, 6.45) is 9.69. The molecule has 1 aromatic rings. The minimum atomic E-state index is 0.208. The van der Waals surface area contributed by atoms with Gasteiger partial charge in [-0.15, -0.1) is 0 Å². The fourth-order valence-corrected chi connectivity index (χ4v) is 2.37. The van der Waals surface area contributed by atoms with Crippen LogP contribution in [0.2, 0.25) is 0 Å². The van der Waals surface area contributed by atoms with Gasteiger partial charge in [0.1, 0.15) is 0 Å². The van der Waals surface area contributed by atoms with Gasteiger partial charge in [-0.05, 0) is 25.8 Å². The van der Waals surface area contributed by atoms with Crippen LogP contribution in [0, 0.1) is 0 Å². The van der Waals surface area contributed by atoms with Crippen molar-refractivity contribution >= 4 is 0 Å². The summed E-state index contributed by atoms with van der Waals surface area (Å²) in [4.78, 5) is 0. The molecule has 1 saturated carbocycles. The van der Waals surface area contributed by atoms with E-state index in [2.05, 4.69) is 22.0 Å². The predicted molar refractivity (Wildman–Crippen MR) is 61.7 cm³/mol. The Labute approximate surface area is 91.7 Å². The maximum Gasteiger partial charge on any atom is 0.0640 e. The molecule has 1 atom stereocenters. The molecule has 0 saturated heterocycles. The zero-order chi connectivity index (χ0) is 10.7. The van der Waals surface area contributed by atoms with Crippen LogP contribution < -0.4 is 5.73 Å². The molecular formula is C12H21N3. The van der Waals surface area contributed by atoms with Crippen LogP contribution in [0.15, 0.2) is 12.3 Å². The standard InChI is InChI=1S/C12H21N3/c1-10(13)9-11-7-8-15(14-11)12-5-3-2-4-6-12/h7-8,10,12H,2-6,9,13H2,1H3. The number of hydrogen-bond acceptors (Lipinski definition) is 2. The summed E-state index contributed by atoms with van der Waals surface area (Å²) in [6.45, 7) is 2.03. The first kappa shape index (κ1) is 10.7. The van der Waals surface area contributed by atoms with Gasteiger partial charge in [-0.1, -0.05) is 19.3 Å². The lowest BCUT2D eigenvalue weighted by molar-refractivity contribution is 0.328. The molecular weight excluding hydrogens is 186 g/mol. The summed E-state index contributed by atoms with van der Waals surface area (Å²) in [5.74, 6) is 0. The molecule has 0 bridgehead atoms. The van der Waals surface area contributed by atoms with E-state index in [9.17, 15) is 0 Å². The quantitative estimate of drug-likeness (QED) is 0.826. The summed E-state index contributed by atoms with van der Waals surface area (Å²) in [5, 5.41) is 4.61. The van der Waals surface area contributed by atoms with Gasteiger partial charge in [0, 0.05) is 18.7 Å². The predicted octanol–water partition coefficient (Wildman–Crippen LogP) is 2.28. The molecule has 1 aliphatic rings. The number of nitrogens with zero attached hydrogens (tertiary/aromatic N) is 2. The third-order valence-electron chi connectivity index (χ3n) is 3.14. The van der Waals surface area contributed by atoms with Crippen molar-refractivity contribution in [2.75, 3.05) is 0 Å². The highest BCUT2D eigenvalue weighted by Crippen LogP contribution is 2.27. The van der Waals surface area contributed by atoms with Crippen LogP contribution in [0.25, 0.3) is 0 Å².